The lowest BCUT2D eigenvalue weighted by Crippen LogP contribution is -2.27. The monoisotopic (exact) mass is 478 g/mol. The number of thiocarbonyl (C=S) groups is 1. The average molecular weight is 479 g/mol. The maximum Gasteiger partial charge on any atom is 0.338 e. The van der Waals surface area contributed by atoms with Crippen molar-refractivity contribution in [3.63, 3.8) is 0 Å². The van der Waals surface area contributed by atoms with Gasteiger partial charge in [0.2, 0.25) is 0 Å². The van der Waals surface area contributed by atoms with Gasteiger partial charge in [0.15, 0.2) is 4.32 Å². The first kappa shape index (κ1) is 22.8. The summed E-state index contributed by atoms with van der Waals surface area (Å²) >= 11 is 6.70. The fraction of sp³-hybridized carbons (Fsp3) is 0.160. The van der Waals surface area contributed by atoms with Gasteiger partial charge in [0.1, 0.15) is 11.5 Å². The van der Waals surface area contributed by atoms with Crippen LogP contribution >= 0.6 is 24.0 Å². The van der Waals surface area contributed by atoms with Gasteiger partial charge >= 0.3 is 5.97 Å². The van der Waals surface area contributed by atoms with Crippen LogP contribution in [0.5, 0.6) is 0 Å². The fourth-order valence-electron chi connectivity index (χ4n) is 3.32. The zero-order valence-electron chi connectivity index (χ0n) is 18.4. The number of esters is 1. The van der Waals surface area contributed by atoms with Crippen LogP contribution in [0.1, 0.15) is 23.0 Å². The third-order valence-corrected chi connectivity index (χ3v) is 6.28. The van der Waals surface area contributed by atoms with E-state index in [4.69, 9.17) is 21.4 Å². The highest BCUT2D eigenvalue weighted by atomic mass is 32.2. The van der Waals surface area contributed by atoms with Crippen LogP contribution < -0.4 is 9.80 Å². The van der Waals surface area contributed by atoms with Gasteiger partial charge in [-0.1, -0.05) is 36.1 Å². The summed E-state index contributed by atoms with van der Waals surface area (Å²) in [5, 5.41) is 0. The van der Waals surface area contributed by atoms with Gasteiger partial charge in [0.05, 0.1) is 22.8 Å². The topological polar surface area (TPSA) is 63.0 Å². The highest BCUT2D eigenvalue weighted by Gasteiger charge is 2.33. The molecule has 8 heteroatoms. The molecule has 4 rings (SSSR count). The van der Waals surface area contributed by atoms with E-state index in [1.807, 2.05) is 49.3 Å². The largest absolute Gasteiger partial charge is 0.462 e. The lowest BCUT2D eigenvalue weighted by Gasteiger charge is -2.17. The number of benzene rings is 2. The molecular weight excluding hydrogens is 456 g/mol. The summed E-state index contributed by atoms with van der Waals surface area (Å²) in [5.41, 5.74) is 2.96. The van der Waals surface area contributed by atoms with Gasteiger partial charge in [0.25, 0.3) is 5.91 Å². The Hall–Kier alpha value is -3.36. The average Bonchev–Trinajstić information content (AvgIpc) is 3.38. The third kappa shape index (κ3) is 4.86. The number of hydrogen-bond donors (Lipinski definition) is 0. The van der Waals surface area contributed by atoms with E-state index in [0.717, 1.165) is 16.9 Å². The smallest absolute Gasteiger partial charge is 0.338 e. The summed E-state index contributed by atoms with van der Waals surface area (Å²) in [6.07, 6.45) is 1.69. The van der Waals surface area contributed by atoms with Gasteiger partial charge in [0, 0.05) is 31.4 Å². The lowest BCUT2D eigenvalue weighted by atomic mass is 10.1. The molecule has 0 N–H and O–H groups in total. The van der Waals surface area contributed by atoms with Crippen LogP contribution in [0.15, 0.2) is 70.0 Å². The van der Waals surface area contributed by atoms with Gasteiger partial charge in [-0.25, -0.2) is 4.79 Å². The molecule has 1 amide bonds. The second-order valence-electron chi connectivity index (χ2n) is 7.43. The molecule has 168 valence electrons. The Kier molecular flexibility index (Phi) is 6.67. The molecule has 0 atom stereocenters. The molecule has 0 radical (unpaired) electrons. The van der Waals surface area contributed by atoms with Crippen molar-refractivity contribution in [2.45, 2.75) is 6.92 Å². The predicted octanol–water partition coefficient (Wildman–Crippen LogP) is 5.60. The Bertz CT molecular complexity index is 1250. The summed E-state index contributed by atoms with van der Waals surface area (Å²) in [4.78, 5) is 29.1. The lowest BCUT2D eigenvalue weighted by molar-refractivity contribution is -0.113. The predicted molar refractivity (Wildman–Crippen MR) is 137 cm³/mol. The van der Waals surface area contributed by atoms with Crippen LogP contribution in [-0.2, 0) is 9.53 Å². The van der Waals surface area contributed by atoms with Crippen LogP contribution in [-0.4, -0.2) is 36.9 Å². The molecule has 0 unspecified atom stereocenters. The van der Waals surface area contributed by atoms with E-state index in [9.17, 15) is 9.59 Å². The van der Waals surface area contributed by atoms with Crippen LogP contribution in [0.4, 0.5) is 11.4 Å². The minimum absolute atomic E-state index is 0.190. The minimum atomic E-state index is -0.381. The minimum Gasteiger partial charge on any atom is -0.462 e. The van der Waals surface area contributed by atoms with E-state index in [1.165, 1.54) is 16.7 Å². The highest BCUT2D eigenvalue weighted by molar-refractivity contribution is 8.27. The number of furan rings is 1. The number of anilines is 2. The van der Waals surface area contributed by atoms with Crippen LogP contribution in [0.25, 0.3) is 17.4 Å². The summed E-state index contributed by atoms with van der Waals surface area (Å²) in [6.45, 7) is 2.08. The van der Waals surface area contributed by atoms with Crippen molar-refractivity contribution >= 4 is 57.6 Å². The van der Waals surface area contributed by atoms with Crippen molar-refractivity contribution in [2.24, 2.45) is 0 Å². The number of rotatable bonds is 6. The first-order valence-corrected chi connectivity index (χ1v) is 11.5. The van der Waals surface area contributed by atoms with Crippen molar-refractivity contribution in [3.8, 4) is 11.3 Å². The molecule has 1 saturated heterocycles. The molecule has 0 bridgehead atoms. The van der Waals surface area contributed by atoms with Crippen molar-refractivity contribution in [1.29, 1.82) is 0 Å². The summed E-state index contributed by atoms with van der Waals surface area (Å²) in [7, 11) is 3.92. The van der Waals surface area contributed by atoms with Gasteiger partial charge in [-0.2, -0.15) is 0 Å². The molecule has 0 saturated carbocycles. The van der Waals surface area contributed by atoms with Gasteiger partial charge in [-0.05, 0) is 55.5 Å². The Morgan fingerprint density at radius 2 is 1.91 bits per heavy atom. The number of carbonyl (C=O) groups excluding carboxylic acids is 2. The molecule has 2 aromatic carbocycles. The zero-order chi connectivity index (χ0) is 23.5. The van der Waals surface area contributed by atoms with E-state index in [1.54, 1.807) is 43.3 Å². The highest BCUT2D eigenvalue weighted by Crippen LogP contribution is 2.37. The van der Waals surface area contributed by atoms with E-state index in [-0.39, 0.29) is 11.9 Å². The van der Waals surface area contributed by atoms with Gasteiger partial charge < -0.3 is 14.1 Å². The number of ether oxygens (including phenoxy) is 1. The van der Waals surface area contributed by atoms with Crippen LogP contribution in [0, 0.1) is 0 Å². The van der Waals surface area contributed by atoms with Crippen molar-refractivity contribution in [2.75, 3.05) is 30.5 Å². The maximum atomic E-state index is 13.0. The Balaban J connectivity index is 1.55. The van der Waals surface area contributed by atoms with E-state index < -0.39 is 0 Å². The SMILES string of the molecule is CCOC(=O)c1cccc(-c2ccc(C=C3SC(=S)N(c4ccc(N(C)C)cc4)C3=O)o2)c1. The van der Waals surface area contributed by atoms with Crippen molar-refractivity contribution < 1.29 is 18.7 Å². The fourth-order valence-corrected chi connectivity index (χ4v) is 4.60. The van der Waals surface area contributed by atoms with E-state index >= 15 is 0 Å². The molecule has 1 aliphatic heterocycles. The number of carbonyl (C=O) groups is 2. The zero-order valence-corrected chi connectivity index (χ0v) is 20.0. The van der Waals surface area contributed by atoms with E-state index in [2.05, 4.69) is 0 Å². The molecule has 33 heavy (non-hydrogen) atoms. The normalized spacial score (nSPS) is 14.8. The van der Waals surface area contributed by atoms with Crippen LogP contribution in [0.3, 0.4) is 0 Å². The first-order valence-electron chi connectivity index (χ1n) is 10.3. The van der Waals surface area contributed by atoms with Gasteiger partial charge in [-0.3, -0.25) is 9.69 Å². The molecule has 0 aliphatic carbocycles. The number of thioether (sulfide) groups is 1. The second-order valence-corrected chi connectivity index (χ2v) is 9.11. The molecular formula is C25H22N2O4S2. The summed E-state index contributed by atoms with van der Waals surface area (Å²) in [5.74, 6) is 0.537. The molecule has 6 nitrogen and oxygen atoms in total. The summed E-state index contributed by atoms with van der Waals surface area (Å²) in [6, 6.07) is 18.3. The standard InChI is InChI=1S/C25H22N2O4S2/c1-4-30-24(29)17-7-5-6-16(14-17)21-13-12-20(31-21)15-22-23(28)27(25(32)33-22)19-10-8-18(9-11-19)26(2)3/h5-15H,4H2,1-3H3. The van der Waals surface area contributed by atoms with Crippen molar-refractivity contribution in [3.05, 3.63) is 76.9 Å². The Morgan fingerprint density at radius 1 is 1.15 bits per heavy atom. The molecule has 3 aromatic rings. The van der Waals surface area contributed by atoms with Gasteiger partial charge in [-0.15, -0.1) is 0 Å². The molecule has 0 spiro atoms. The first-order chi connectivity index (χ1) is 15.9. The van der Waals surface area contributed by atoms with Crippen LogP contribution in [0.2, 0.25) is 0 Å². The molecule has 1 aromatic heterocycles. The molecule has 1 fully saturated rings. The maximum absolute atomic E-state index is 13.0. The number of amides is 1. The number of nitrogens with zero attached hydrogens (tertiary/aromatic N) is 2. The number of hydrogen-bond acceptors (Lipinski definition) is 7. The molecule has 2 heterocycles. The quantitative estimate of drug-likeness (QED) is 0.260. The van der Waals surface area contributed by atoms with E-state index in [0.29, 0.717) is 32.9 Å². The Labute approximate surface area is 201 Å². The summed E-state index contributed by atoms with van der Waals surface area (Å²) < 4.78 is 11.5. The van der Waals surface area contributed by atoms with Crippen molar-refractivity contribution in [1.82, 2.24) is 0 Å². The Morgan fingerprint density at radius 3 is 2.61 bits per heavy atom. The third-order valence-electron chi connectivity index (χ3n) is 4.98. The molecule has 1 aliphatic rings. The second kappa shape index (κ2) is 9.64.